The van der Waals surface area contributed by atoms with E-state index in [2.05, 4.69) is 9.71 Å². The number of sulfonamides is 1. The fraction of sp³-hybridized carbons (Fsp3) is 0.231. The second-order valence-corrected chi connectivity index (χ2v) is 6.46. The predicted octanol–water partition coefficient (Wildman–Crippen LogP) is 2.05. The summed E-state index contributed by atoms with van der Waals surface area (Å²) in [5, 5.41) is 0.432. The van der Waals surface area contributed by atoms with Gasteiger partial charge in [-0.1, -0.05) is 11.6 Å². The van der Waals surface area contributed by atoms with Gasteiger partial charge in [-0.3, -0.25) is 4.72 Å². The molecule has 2 aromatic rings. The molecule has 0 amide bonds. The Morgan fingerprint density at radius 3 is 2.59 bits per heavy atom. The second kappa shape index (κ2) is 6.37. The van der Waals surface area contributed by atoms with Crippen LogP contribution in [0.4, 0.5) is 5.82 Å². The monoisotopic (exact) mass is 343 g/mol. The number of ether oxygens (including phenoxy) is 1. The molecule has 0 saturated carbocycles. The van der Waals surface area contributed by atoms with E-state index >= 15 is 0 Å². The minimum atomic E-state index is -3.81. The molecule has 2 rings (SSSR count). The molecule has 22 heavy (non-hydrogen) atoms. The first-order valence-corrected chi connectivity index (χ1v) is 8.18. The smallest absolute Gasteiger partial charge is 0.374 e. The number of aromatic nitrogens is 2. The van der Waals surface area contributed by atoms with Crippen LogP contribution in [0.3, 0.4) is 0 Å². The molecule has 1 N–H and O–H groups in total. The molecular formula is C13H14ClN3O4S. The van der Waals surface area contributed by atoms with E-state index in [0.29, 0.717) is 5.02 Å². The number of imidazole rings is 1. The van der Waals surface area contributed by atoms with Crippen molar-refractivity contribution < 1.29 is 17.9 Å². The summed E-state index contributed by atoms with van der Waals surface area (Å²) in [7, 11) is -2.24. The molecule has 1 aromatic heterocycles. The fourth-order valence-electron chi connectivity index (χ4n) is 1.71. The number of hydrogen-bond acceptors (Lipinski definition) is 5. The summed E-state index contributed by atoms with van der Waals surface area (Å²) < 4.78 is 32.9. The number of nitrogens with zero attached hydrogens (tertiary/aromatic N) is 2. The molecule has 0 aliphatic rings. The Balaban J connectivity index is 2.25. The van der Waals surface area contributed by atoms with Crippen molar-refractivity contribution >= 4 is 33.4 Å². The molecular weight excluding hydrogens is 330 g/mol. The molecule has 0 atom stereocenters. The Bertz CT molecular complexity index is 784. The Kier molecular flexibility index (Phi) is 4.72. The van der Waals surface area contributed by atoms with Crippen molar-refractivity contribution in [2.75, 3.05) is 11.3 Å². The second-order valence-electron chi connectivity index (χ2n) is 4.34. The van der Waals surface area contributed by atoms with Crippen molar-refractivity contribution in [3.63, 3.8) is 0 Å². The molecule has 9 heteroatoms. The van der Waals surface area contributed by atoms with Crippen molar-refractivity contribution in [3.8, 4) is 0 Å². The first-order chi connectivity index (χ1) is 10.3. The quantitative estimate of drug-likeness (QED) is 0.839. The van der Waals surface area contributed by atoms with Crippen LogP contribution < -0.4 is 4.72 Å². The Morgan fingerprint density at radius 1 is 1.36 bits per heavy atom. The lowest BCUT2D eigenvalue weighted by Crippen LogP contribution is -2.13. The molecule has 0 saturated heterocycles. The number of nitrogens with one attached hydrogen (secondary N) is 1. The van der Waals surface area contributed by atoms with E-state index in [9.17, 15) is 13.2 Å². The van der Waals surface area contributed by atoms with Gasteiger partial charge in [-0.05, 0) is 31.2 Å². The van der Waals surface area contributed by atoms with Gasteiger partial charge in [0.15, 0.2) is 5.82 Å². The van der Waals surface area contributed by atoms with Crippen LogP contribution in [-0.4, -0.2) is 30.5 Å². The van der Waals surface area contributed by atoms with E-state index in [0.717, 1.165) is 0 Å². The van der Waals surface area contributed by atoms with Gasteiger partial charge in [-0.15, -0.1) is 0 Å². The molecule has 1 heterocycles. The largest absolute Gasteiger partial charge is 0.460 e. The highest BCUT2D eigenvalue weighted by molar-refractivity contribution is 7.92. The van der Waals surface area contributed by atoms with Gasteiger partial charge in [-0.25, -0.2) is 18.2 Å². The topological polar surface area (TPSA) is 90.3 Å². The zero-order valence-electron chi connectivity index (χ0n) is 11.9. The maximum atomic E-state index is 12.2. The van der Waals surface area contributed by atoms with E-state index in [-0.39, 0.29) is 23.1 Å². The highest BCUT2D eigenvalue weighted by Crippen LogP contribution is 2.18. The van der Waals surface area contributed by atoms with Crippen LogP contribution in [-0.2, 0) is 21.8 Å². The summed E-state index contributed by atoms with van der Waals surface area (Å²) >= 11 is 5.73. The minimum absolute atomic E-state index is 0.00987. The van der Waals surface area contributed by atoms with Gasteiger partial charge in [0.1, 0.15) is 0 Å². The van der Waals surface area contributed by atoms with Crippen LogP contribution in [0.1, 0.15) is 17.5 Å². The third-order valence-electron chi connectivity index (χ3n) is 2.70. The number of esters is 1. The van der Waals surface area contributed by atoms with Crippen molar-refractivity contribution in [3.05, 3.63) is 41.3 Å². The van der Waals surface area contributed by atoms with Gasteiger partial charge in [0.05, 0.1) is 11.5 Å². The maximum Gasteiger partial charge on any atom is 0.374 e. The number of aryl methyl sites for hydroxylation is 1. The lowest BCUT2D eigenvalue weighted by atomic mass is 10.4. The van der Waals surface area contributed by atoms with Gasteiger partial charge < -0.3 is 9.30 Å². The number of carbonyl (C=O) groups is 1. The predicted molar refractivity (Wildman–Crippen MR) is 81.4 cm³/mol. The highest BCUT2D eigenvalue weighted by atomic mass is 35.5. The van der Waals surface area contributed by atoms with Gasteiger partial charge in [0.25, 0.3) is 10.0 Å². The van der Waals surface area contributed by atoms with Crippen LogP contribution in [0.15, 0.2) is 35.4 Å². The standard InChI is InChI=1S/C13H14ClN3O4S/c1-3-21-13(18)12-15-11(8-17(12)2)16-22(19,20)10-6-4-9(14)5-7-10/h4-8,16H,3H2,1-2H3. The van der Waals surface area contributed by atoms with Crippen LogP contribution in [0.25, 0.3) is 0 Å². The number of halogens is 1. The summed E-state index contributed by atoms with van der Waals surface area (Å²) in [6.07, 6.45) is 1.39. The maximum absolute atomic E-state index is 12.2. The molecule has 0 bridgehead atoms. The molecule has 0 radical (unpaired) electrons. The number of hydrogen-bond donors (Lipinski definition) is 1. The van der Waals surface area contributed by atoms with Crippen molar-refractivity contribution in [2.24, 2.45) is 7.05 Å². The SMILES string of the molecule is CCOC(=O)c1nc(NS(=O)(=O)c2ccc(Cl)cc2)cn1C. The number of carbonyl (C=O) groups excluding carboxylic acids is 1. The first-order valence-electron chi connectivity index (χ1n) is 6.32. The summed E-state index contributed by atoms with van der Waals surface area (Å²) in [6.45, 7) is 1.88. The highest BCUT2D eigenvalue weighted by Gasteiger charge is 2.19. The normalized spacial score (nSPS) is 11.2. The third-order valence-corrected chi connectivity index (χ3v) is 4.32. The average molecular weight is 344 g/mol. The molecule has 0 unspecified atom stereocenters. The summed E-state index contributed by atoms with van der Waals surface area (Å²) in [6, 6.07) is 5.69. The van der Waals surface area contributed by atoms with Gasteiger partial charge >= 0.3 is 5.97 Å². The lowest BCUT2D eigenvalue weighted by Gasteiger charge is -2.05. The third kappa shape index (κ3) is 3.58. The average Bonchev–Trinajstić information content (AvgIpc) is 2.79. The zero-order chi connectivity index (χ0) is 16.3. The van der Waals surface area contributed by atoms with E-state index in [1.165, 1.54) is 35.0 Å². The first kappa shape index (κ1) is 16.3. The number of benzene rings is 1. The molecule has 118 valence electrons. The Hall–Kier alpha value is -2.06. The van der Waals surface area contributed by atoms with Gasteiger partial charge in [0, 0.05) is 18.3 Å². The van der Waals surface area contributed by atoms with E-state index in [1.807, 2.05) is 0 Å². The van der Waals surface area contributed by atoms with E-state index in [4.69, 9.17) is 16.3 Å². The fourth-order valence-corrected chi connectivity index (χ4v) is 2.82. The molecule has 0 aliphatic heterocycles. The van der Waals surface area contributed by atoms with E-state index < -0.39 is 16.0 Å². The Morgan fingerprint density at radius 2 is 2.00 bits per heavy atom. The summed E-state index contributed by atoms with van der Waals surface area (Å²) in [5.74, 6) is -0.585. The molecule has 0 aliphatic carbocycles. The van der Waals surface area contributed by atoms with Crippen molar-refractivity contribution in [1.82, 2.24) is 9.55 Å². The summed E-state index contributed by atoms with van der Waals surface area (Å²) in [5.41, 5.74) is 0. The van der Waals surface area contributed by atoms with Crippen LogP contribution in [0, 0.1) is 0 Å². The zero-order valence-corrected chi connectivity index (χ0v) is 13.5. The van der Waals surface area contributed by atoms with Gasteiger partial charge in [-0.2, -0.15) is 0 Å². The molecule has 0 spiro atoms. The number of rotatable bonds is 5. The lowest BCUT2D eigenvalue weighted by molar-refractivity contribution is 0.0508. The molecule has 1 aromatic carbocycles. The van der Waals surface area contributed by atoms with Gasteiger partial charge in [0.2, 0.25) is 5.82 Å². The van der Waals surface area contributed by atoms with Crippen molar-refractivity contribution in [1.29, 1.82) is 0 Å². The van der Waals surface area contributed by atoms with Crippen LogP contribution in [0.2, 0.25) is 5.02 Å². The van der Waals surface area contributed by atoms with E-state index in [1.54, 1.807) is 14.0 Å². The minimum Gasteiger partial charge on any atom is -0.460 e. The Labute approximate surface area is 132 Å². The van der Waals surface area contributed by atoms with Crippen LogP contribution >= 0.6 is 11.6 Å². The molecule has 0 fully saturated rings. The summed E-state index contributed by atoms with van der Waals surface area (Å²) in [4.78, 5) is 15.6. The van der Waals surface area contributed by atoms with Crippen molar-refractivity contribution in [2.45, 2.75) is 11.8 Å². The van der Waals surface area contributed by atoms with Crippen LogP contribution in [0.5, 0.6) is 0 Å². The number of anilines is 1. The molecule has 7 nitrogen and oxygen atoms in total.